The van der Waals surface area contributed by atoms with Gasteiger partial charge in [-0.3, -0.25) is 0 Å². The lowest BCUT2D eigenvalue weighted by molar-refractivity contribution is 0.0697. The average molecular weight is 417 g/mol. The maximum atomic E-state index is 14.5. The van der Waals surface area contributed by atoms with Gasteiger partial charge in [0.05, 0.1) is 23.5 Å². The van der Waals surface area contributed by atoms with Crippen molar-refractivity contribution in [2.45, 2.75) is 6.42 Å². The molecule has 114 valence electrons. The zero-order valence-electron chi connectivity index (χ0n) is 11.1. The molecule has 2 aromatic rings. The van der Waals surface area contributed by atoms with Crippen LogP contribution in [0.2, 0.25) is 0 Å². The molecular weight excluding hydrogens is 407 g/mol. The number of hydrogen-bond acceptors (Lipinski definition) is 3. The van der Waals surface area contributed by atoms with Crippen molar-refractivity contribution < 1.29 is 23.4 Å². The molecule has 2 N–H and O–H groups in total. The highest BCUT2D eigenvalue weighted by molar-refractivity contribution is 14.1. The molecule has 0 amide bonds. The second-order valence-electron chi connectivity index (χ2n) is 4.75. The van der Waals surface area contributed by atoms with Gasteiger partial charge in [0.1, 0.15) is 5.82 Å². The summed E-state index contributed by atoms with van der Waals surface area (Å²) < 4.78 is 34.3. The minimum atomic E-state index is -1.29. The summed E-state index contributed by atoms with van der Waals surface area (Å²) in [5.74, 6) is -2.67. The first-order valence-electron chi connectivity index (χ1n) is 6.41. The van der Waals surface area contributed by atoms with Crippen LogP contribution in [0, 0.1) is 15.2 Å². The Hall–Kier alpha value is -1.90. The Morgan fingerprint density at radius 3 is 2.77 bits per heavy atom. The Morgan fingerprint density at radius 2 is 2.09 bits per heavy atom. The number of fused-ring (bicyclic) bond motifs is 1. The molecule has 1 aliphatic rings. The third-order valence-corrected chi connectivity index (χ3v) is 4.01. The van der Waals surface area contributed by atoms with Crippen molar-refractivity contribution in [1.82, 2.24) is 0 Å². The van der Waals surface area contributed by atoms with E-state index in [9.17, 15) is 18.7 Å². The van der Waals surface area contributed by atoms with Gasteiger partial charge < -0.3 is 15.2 Å². The number of hydrogen-bond donors (Lipinski definition) is 2. The van der Waals surface area contributed by atoms with Gasteiger partial charge in [-0.2, -0.15) is 0 Å². The fourth-order valence-corrected chi connectivity index (χ4v) is 2.76. The third-order valence-electron chi connectivity index (χ3n) is 3.34. The smallest absolute Gasteiger partial charge is 0.337 e. The zero-order chi connectivity index (χ0) is 15.9. The van der Waals surface area contributed by atoms with Crippen LogP contribution in [0.25, 0.3) is 0 Å². The quantitative estimate of drug-likeness (QED) is 0.743. The van der Waals surface area contributed by atoms with E-state index in [1.807, 2.05) is 22.6 Å². The van der Waals surface area contributed by atoms with Gasteiger partial charge in [-0.15, -0.1) is 0 Å². The molecule has 0 unspecified atom stereocenters. The van der Waals surface area contributed by atoms with Crippen molar-refractivity contribution in [3.63, 3.8) is 0 Å². The van der Waals surface area contributed by atoms with E-state index in [1.165, 1.54) is 18.2 Å². The van der Waals surface area contributed by atoms with Crippen LogP contribution in [-0.4, -0.2) is 17.7 Å². The molecule has 0 radical (unpaired) electrons. The lowest BCUT2D eigenvalue weighted by atomic mass is 10.1. The van der Waals surface area contributed by atoms with Crippen LogP contribution >= 0.6 is 22.6 Å². The summed E-state index contributed by atoms with van der Waals surface area (Å²) in [4.78, 5) is 11.4. The molecule has 1 aliphatic heterocycles. The molecule has 1 heterocycles. The summed E-state index contributed by atoms with van der Waals surface area (Å²) in [6.07, 6.45) is 0.449. The maximum Gasteiger partial charge on any atom is 0.337 e. The van der Waals surface area contributed by atoms with Gasteiger partial charge >= 0.3 is 5.97 Å². The maximum absolute atomic E-state index is 14.5. The van der Waals surface area contributed by atoms with Crippen molar-refractivity contribution in [1.29, 1.82) is 0 Å². The lowest BCUT2D eigenvalue weighted by Crippen LogP contribution is -2.07. The van der Waals surface area contributed by atoms with E-state index in [1.54, 1.807) is 6.07 Å². The molecule has 0 saturated carbocycles. The summed E-state index contributed by atoms with van der Waals surface area (Å²) >= 11 is 1.95. The molecule has 0 fully saturated rings. The molecule has 2 aromatic carbocycles. The van der Waals surface area contributed by atoms with Crippen LogP contribution in [0.15, 0.2) is 24.3 Å². The molecule has 22 heavy (non-hydrogen) atoms. The molecule has 0 spiro atoms. The molecular formula is C15H10F2INO3. The summed E-state index contributed by atoms with van der Waals surface area (Å²) in [6.45, 7) is 0.298. The SMILES string of the molecule is O=C(O)c1cc2c(c(F)c1Nc1ccc(I)cc1F)OCC2. The normalized spacial score (nSPS) is 12.7. The summed E-state index contributed by atoms with van der Waals surface area (Å²) in [5.41, 5.74) is -0.0451. The van der Waals surface area contributed by atoms with Crippen LogP contribution in [0.3, 0.4) is 0 Å². The van der Waals surface area contributed by atoms with Crippen LogP contribution in [0.5, 0.6) is 5.75 Å². The number of ether oxygens (including phenoxy) is 1. The van der Waals surface area contributed by atoms with Crippen molar-refractivity contribution in [2.24, 2.45) is 0 Å². The number of carbonyl (C=O) groups is 1. The lowest BCUT2D eigenvalue weighted by Gasteiger charge is -2.14. The predicted octanol–water partition coefficient (Wildman–Crippen LogP) is 3.95. The Bertz CT molecular complexity index is 780. The predicted molar refractivity (Wildman–Crippen MR) is 85.0 cm³/mol. The number of aromatic carboxylic acids is 1. The van der Waals surface area contributed by atoms with Crippen LogP contribution < -0.4 is 10.1 Å². The van der Waals surface area contributed by atoms with Crippen LogP contribution in [0.4, 0.5) is 20.2 Å². The van der Waals surface area contributed by atoms with E-state index in [-0.39, 0.29) is 22.7 Å². The Labute approximate surface area is 138 Å². The van der Waals surface area contributed by atoms with Crippen molar-refractivity contribution in [3.8, 4) is 5.75 Å². The minimum absolute atomic E-state index is 0.000220. The number of rotatable bonds is 3. The monoisotopic (exact) mass is 417 g/mol. The zero-order valence-corrected chi connectivity index (χ0v) is 13.3. The molecule has 0 saturated heterocycles. The first kappa shape index (κ1) is 15.0. The molecule has 0 aromatic heterocycles. The standard InChI is InChI=1S/C15H10F2INO3/c16-10-6-8(18)1-2-11(10)19-13-9(15(20)21)5-7-3-4-22-14(7)12(13)17/h1-2,5-6,19H,3-4H2,(H,20,21). The van der Waals surface area contributed by atoms with E-state index in [2.05, 4.69) is 5.32 Å². The van der Waals surface area contributed by atoms with Crippen molar-refractivity contribution >= 4 is 39.9 Å². The number of benzene rings is 2. The molecule has 0 aliphatic carbocycles. The minimum Gasteiger partial charge on any atom is -0.490 e. The van der Waals surface area contributed by atoms with Gasteiger partial charge in [-0.1, -0.05) is 0 Å². The Kier molecular flexibility index (Phi) is 3.90. The summed E-state index contributed by atoms with van der Waals surface area (Å²) in [5, 5.41) is 11.8. The summed E-state index contributed by atoms with van der Waals surface area (Å²) in [7, 11) is 0. The van der Waals surface area contributed by atoms with Gasteiger partial charge in [0.25, 0.3) is 0 Å². The molecule has 0 atom stereocenters. The van der Waals surface area contributed by atoms with Gasteiger partial charge in [-0.25, -0.2) is 13.6 Å². The molecule has 0 bridgehead atoms. The largest absolute Gasteiger partial charge is 0.490 e. The second-order valence-corrected chi connectivity index (χ2v) is 6.00. The van der Waals surface area contributed by atoms with Gasteiger partial charge in [0.2, 0.25) is 0 Å². The fourth-order valence-electron chi connectivity index (χ4n) is 2.31. The van der Waals surface area contributed by atoms with Gasteiger partial charge in [0.15, 0.2) is 11.6 Å². The number of nitrogens with one attached hydrogen (secondary N) is 1. The van der Waals surface area contributed by atoms with Gasteiger partial charge in [0, 0.05) is 15.6 Å². The Balaban J connectivity index is 2.11. The van der Waals surface area contributed by atoms with Crippen molar-refractivity contribution in [3.05, 3.63) is 50.6 Å². The highest BCUT2D eigenvalue weighted by atomic mass is 127. The van der Waals surface area contributed by atoms with E-state index in [0.29, 0.717) is 22.2 Å². The van der Waals surface area contributed by atoms with Crippen molar-refractivity contribution in [2.75, 3.05) is 11.9 Å². The van der Waals surface area contributed by atoms with E-state index in [4.69, 9.17) is 4.74 Å². The highest BCUT2D eigenvalue weighted by Gasteiger charge is 2.26. The Morgan fingerprint density at radius 1 is 1.32 bits per heavy atom. The van der Waals surface area contributed by atoms with Crippen LogP contribution in [-0.2, 0) is 6.42 Å². The second kappa shape index (κ2) is 5.71. The topological polar surface area (TPSA) is 58.6 Å². The number of halogens is 3. The van der Waals surface area contributed by atoms with E-state index >= 15 is 0 Å². The van der Waals surface area contributed by atoms with E-state index < -0.39 is 17.6 Å². The summed E-state index contributed by atoms with van der Waals surface area (Å²) in [6, 6.07) is 5.69. The highest BCUT2D eigenvalue weighted by Crippen LogP contribution is 2.37. The first-order valence-corrected chi connectivity index (χ1v) is 7.49. The van der Waals surface area contributed by atoms with Gasteiger partial charge in [-0.05, 0) is 46.9 Å². The number of carboxylic acids is 1. The average Bonchev–Trinajstić information content (AvgIpc) is 2.92. The molecule has 7 heteroatoms. The molecule has 4 nitrogen and oxygen atoms in total. The number of anilines is 2. The fraction of sp³-hybridized carbons (Fsp3) is 0.133. The first-order chi connectivity index (χ1) is 10.5. The number of carboxylic acid groups (broad SMARTS) is 1. The third kappa shape index (κ3) is 2.60. The van der Waals surface area contributed by atoms with E-state index in [0.717, 1.165) is 0 Å². The van der Waals surface area contributed by atoms with Crippen LogP contribution in [0.1, 0.15) is 15.9 Å². The molecule has 3 rings (SSSR count).